The first-order chi connectivity index (χ1) is 8.58. The fraction of sp³-hybridized carbons (Fsp3) is 0.0769. The smallest absolute Gasteiger partial charge is 0.337 e. The van der Waals surface area contributed by atoms with Crippen LogP contribution in [0.15, 0.2) is 24.3 Å². The van der Waals surface area contributed by atoms with Crippen molar-refractivity contribution in [1.29, 1.82) is 5.26 Å². The molecule has 0 aromatic heterocycles. The minimum absolute atomic E-state index is 0.0942. The maximum absolute atomic E-state index is 13.4. The zero-order valence-corrected chi connectivity index (χ0v) is 9.40. The van der Waals surface area contributed by atoms with Crippen molar-refractivity contribution in [1.82, 2.24) is 0 Å². The Morgan fingerprint density at radius 3 is 2.72 bits per heavy atom. The number of phenolic OH excluding ortho intramolecular Hbond substituents is 1. The molecule has 0 aliphatic carbocycles. The van der Waals surface area contributed by atoms with Gasteiger partial charge in [-0.1, -0.05) is 6.07 Å². The summed E-state index contributed by atoms with van der Waals surface area (Å²) in [6, 6.07) is 7.00. The number of halogens is 1. The maximum atomic E-state index is 13.4. The van der Waals surface area contributed by atoms with Crippen LogP contribution in [0.1, 0.15) is 15.9 Å². The summed E-state index contributed by atoms with van der Waals surface area (Å²) in [5.41, 5.74) is 0.270. The first kappa shape index (κ1) is 11.9. The van der Waals surface area contributed by atoms with Crippen molar-refractivity contribution >= 4 is 16.7 Å². The van der Waals surface area contributed by atoms with Crippen LogP contribution in [0.5, 0.6) is 5.75 Å². The maximum Gasteiger partial charge on any atom is 0.337 e. The van der Waals surface area contributed by atoms with Crippen molar-refractivity contribution in [3.05, 3.63) is 41.2 Å². The zero-order chi connectivity index (χ0) is 13.3. The topological polar surface area (TPSA) is 70.3 Å². The number of hydrogen-bond donors (Lipinski definition) is 1. The van der Waals surface area contributed by atoms with E-state index in [1.807, 2.05) is 6.07 Å². The molecule has 2 aromatic carbocycles. The molecular formula is C13H8FNO3. The first-order valence-electron chi connectivity index (χ1n) is 5.02. The lowest BCUT2D eigenvalue weighted by Crippen LogP contribution is -2.01. The van der Waals surface area contributed by atoms with E-state index in [0.717, 1.165) is 6.07 Å². The molecule has 2 aromatic rings. The summed E-state index contributed by atoms with van der Waals surface area (Å²) in [6.45, 7) is 0. The van der Waals surface area contributed by atoms with E-state index in [1.54, 1.807) is 0 Å². The van der Waals surface area contributed by atoms with Gasteiger partial charge in [0, 0.05) is 10.8 Å². The molecule has 0 bridgehead atoms. The van der Waals surface area contributed by atoms with Crippen molar-refractivity contribution in [2.24, 2.45) is 0 Å². The molecule has 0 unspecified atom stereocenters. The van der Waals surface area contributed by atoms with Crippen LogP contribution in [-0.2, 0) is 4.74 Å². The van der Waals surface area contributed by atoms with E-state index < -0.39 is 17.5 Å². The largest absolute Gasteiger partial charge is 0.504 e. The highest BCUT2D eigenvalue weighted by Crippen LogP contribution is 2.31. The van der Waals surface area contributed by atoms with E-state index in [4.69, 9.17) is 5.26 Å². The summed E-state index contributed by atoms with van der Waals surface area (Å²) >= 11 is 0. The fourth-order valence-electron chi connectivity index (χ4n) is 1.71. The highest BCUT2D eigenvalue weighted by atomic mass is 19.1. The molecule has 0 saturated carbocycles. The Morgan fingerprint density at radius 2 is 2.11 bits per heavy atom. The number of hydrogen-bond acceptors (Lipinski definition) is 4. The summed E-state index contributed by atoms with van der Waals surface area (Å²) in [7, 11) is 1.22. The Morgan fingerprint density at radius 1 is 1.39 bits per heavy atom. The molecule has 0 atom stereocenters. The normalized spacial score (nSPS) is 10.1. The lowest BCUT2D eigenvalue weighted by Gasteiger charge is -2.06. The van der Waals surface area contributed by atoms with Gasteiger partial charge in [0.25, 0.3) is 0 Å². The molecule has 18 heavy (non-hydrogen) atoms. The third kappa shape index (κ3) is 1.74. The average molecular weight is 245 g/mol. The molecule has 0 aliphatic rings. The Bertz CT molecular complexity index is 689. The van der Waals surface area contributed by atoms with Gasteiger partial charge in [-0.15, -0.1) is 0 Å². The van der Waals surface area contributed by atoms with Crippen LogP contribution >= 0.6 is 0 Å². The predicted octanol–water partition coefficient (Wildman–Crippen LogP) is 2.34. The van der Waals surface area contributed by atoms with Crippen molar-refractivity contribution in [2.75, 3.05) is 7.11 Å². The molecule has 0 spiro atoms. The molecule has 0 amide bonds. The second kappa shape index (κ2) is 4.34. The van der Waals surface area contributed by atoms with Gasteiger partial charge in [-0.25, -0.2) is 9.18 Å². The highest BCUT2D eigenvalue weighted by Gasteiger charge is 2.14. The van der Waals surface area contributed by atoms with Crippen LogP contribution in [0.4, 0.5) is 4.39 Å². The van der Waals surface area contributed by atoms with Gasteiger partial charge in [-0.05, 0) is 18.2 Å². The number of benzene rings is 2. The number of carbonyl (C=O) groups excluding carboxylic acids is 1. The summed E-state index contributed by atoms with van der Waals surface area (Å²) in [5.74, 6) is -2.09. The number of methoxy groups -OCH3 is 1. The third-order valence-electron chi connectivity index (χ3n) is 2.60. The van der Waals surface area contributed by atoms with Crippen molar-refractivity contribution in [3.8, 4) is 11.8 Å². The van der Waals surface area contributed by atoms with Gasteiger partial charge in [0.05, 0.1) is 24.3 Å². The molecule has 0 aliphatic heterocycles. The molecule has 0 fully saturated rings. The van der Waals surface area contributed by atoms with Crippen molar-refractivity contribution in [2.45, 2.75) is 0 Å². The van der Waals surface area contributed by atoms with Gasteiger partial charge in [0.1, 0.15) is 0 Å². The van der Waals surface area contributed by atoms with E-state index in [9.17, 15) is 14.3 Å². The number of rotatable bonds is 1. The van der Waals surface area contributed by atoms with E-state index in [-0.39, 0.29) is 16.5 Å². The van der Waals surface area contributed by atoms with Gasteiger partial charge >= 0.3 is 5.97 Å². The molecule has 5 heteroatoms. The van der Waals surface area contributed by atoms with Crippen molar-refractivity contribution in [3.63, 3.8) is 0 Å². The monoisotopic (exact) mass is 245 g/mol. The van der Waals surface area contributed by atoms with Crippen LogP contribution in [-0.4, -0.2) is 18.2 Å². The lowest BCUT2D eigenvalue weighted by atomic mass is 10.0. The van der Waals surface area contributed by atoms with Crippen molar-refractivity contribution < 1.29 is 19.0 Å². The number of carbonyl (C=O) groups is 1. The molecular weight excluding hydrogens is 237 g/mol. The van der Waals surface area contributed by atoms with Gasteiger partial charge in [0.2, 0.25) is 0 Å². The summed E-state index contributed by atoms with van der Waals surface area (Å²) in [5, 5.41) is 19.0. The van der Waals surface area contributed by atoms with Crippen LogP contribution < -0.4 is 0 Å². The Hall–Kier alpha value is -2.61. The number of ether oxygens (including phenoxy) is 1. The SMILES string of the molecule is COC(=O)c1ccc2c(C#N)cc(F)c(O)c2c1. The van der Waals surface area contributed by atoms with Gasteiger partial charge in [0.15, 0.2) is 11.6 Å². The number of fused-ring (bicyclic) bond motifs is 1. The Balaban J connectivity index is 2.81. The number of esters is 1. The molecule has 0 radical (unpaired) electrons. The number of aromatic hydroxyl groups is 1. The third-order valence-corrected chi connectivity index (χ3v) is 2.60. The summed E-state index contributed by atoms with van der Waals surface area (Å²) in [4.78, 5) is 11.3. The van der Waals surface area contributed by atoms with Crippen LogP contribution in [0.3, 0.4) is 0 Å². The van der Waals surface area contributed by atoms with Gasteiger partial charge < -0.3 is 9.84 Å². The average Bonchev–Trinajstić information content (AvgIpc) is 2.41. The van der Waals surface area contributed by atoms with Crippen LogP contribution in [0.25, 0.3) is 10.8 Å². The number of phenols is 1. The molecule has 0 saturated heterocycles. The second-order valence-electron chi connectivity index (χ2n) is 3.62. The van der Waals surface area contributed by atoms with Crippen LogP contribution in [0.2, 0.25) is 0 Å². The minimum Gasteiger partial charge on any atom is -0.504 e. The molecule has 4 nitrogen and oxygen atoms in total. The summed E-state index contributed by atoms with van der Waals surface area (Å²) in [6.07, 6.45) is 0. The predicted molar refractivity (Wildman–Crippen MR) is 61.6 cm³/mol. The fourth-order valence-corrected chi connectivity index (χ4v) is 1.71. The number of nitrogens with zero attached hydrogens (tertiary/aromatic N) is 1. The first-order valence-corrected chi connectivity index (χ1v) is 5.02. The standard InChI is InChI=1S/C13H8FNO3/c1-18-13(17)7-2-3-9-8(6-15)5-11(14)12(16)10(9)4-7/h2-5,16H,1H3. The Kier molecular flexibility index (Phi) is 2.86. The molecule has 0 heterocycles. The van der Waals surface area contributed by atoms with E-state index in [0.29, 0.717) is 5.39 Å². The van der Waals surface area contributed by atoms with Gasteiger partial charge in [-0.3, -0.25) is 0 Å². The second-order valence-corrected chi connectivity index (χ2v) is 3.62. The zero-order valence-electron chi connectivity index (χ0n) is 9.40. The Labute approximate surface area is 102 Å². The molecule has 2 rings (SSSR count). The molecule has 90 valence electrons. The molecule has 1 N–H and O–H groups in total. The lowest BCUT2D eigenvalue weighted by molar-refractivity contribution is 0.0601. The minimum atomic E-state index is -0.902. The quantitative estimate of drug-likeness (QED) is 0.783. The van der Waals surface area contributed by atoms with Gasteiger partial charge in [-0.2, -0.15) is 5.26 Å². The van der Waals surface area contributed by atoms with E-state index >= 15 is 0 Å². The van der Waals surface area contributed by atoms with E-state index in [2.05, 4.69) is 4.74 Å². The van der Waals surface area contributed by atoms with E-state index in [1.165, 1.54) is 25.3 Å². The highest BCUT2D eigenvalue weighted by molar-refractivity contribution is 5.99. The summed E-state index contributed by atoms with van der Waals surface area (Å²) < 4.78 is 17.9. The van der Waals surface area contributed by atoms with Crippen LogP contribution in [0, 0.1) is 17.1 Å². The number of nitriles is 1.